The molecule has 0 radical (unpaired) electrons. The van der Waals surface area contributed by atoms with Crippen LogP contribution in [0.25, 0.3) is 10.9 Å². The van der Waals surface area contributed by atoms with E-state index in [1.165, 1.54) is 5.56 Å². The number of hydrogen-bond acceptors (Lipinski definition) is 1. The van der Waals surface area contributed by atoms with Gasteiger partial charge in [-0.2, -0.15) is 0 Å². The van der Waals surface area contributed by atoms with Gasteiger partial charge in [0.25, 0.3) is 5.91 Å². The Kier molecular flexibility index (Phi) is 3.43. The van der Waals surface area contributed by atoms with Crippen LogP contribution in [0.1, 0.15) is 21.6 Å². The van der Waals surface area contributed by atoms with Gasteiger partial charge in [0.15, 0.2) is 0 Å². The zero-order chi connectivity index (χ0) is 15.0. The third kappa shape index (κ3) is 2.65. The molecule has 4 heteroatoms. The van der Waals surface area contributed by atoms with E-state index in [9.17, 15) is 4.79 Å². The molecule has 0 aliphatic rings. The highest BCUT2D eigenvalue weighted by atomic mass is 35.5. The van der Waals surface area contributed by atoms with Crippen molar-refractivity contribution in [1.29, 1.82) is 0 Å². The fourth-order valence-corrected chi connectivity index (χ4v) is 2.61. The normalized spacial score (nSPS) is 10.8. The highest BCUT2D eigenvalue weighted by Gasteiger charge is 2.12. The number of benzene rings is 2. The number of H-pyrrole nitrogens is 1. The number of rotatable bonds is 2. The first kappa shape index (κ1) is 13.7. The van der Waals surface area contributed by atoms with Crippen LogP contribution in [-0.4, -0.2) is 10.9 Å². The lowest BCUT2D eigenvalue weighted by atomic mass is 10.1. The number of hydrogen-bond donors (Lipinski definition) is 2. The third-order valence-electron chi connectivity index (χ3n) is 3.48. The lowest BCUT2D eigenvalue weighted by Gasteiger charge is -2.08. The number of aromatic nitrogens is 1. The maximum atomic E-state index is 12.3. The largest absolute Gasteiger partial charge is 0.349 e. The van der Waals surface area contributed by atoms with Gasteiger partial charge < -0.3 is 10.3 Å². The van der Waals surface area contributed by atoms with E-state index in [-0.39, 0.29) is 5.91 Å². The second-order valence-corrected chi connectivity index (χ2v) is 5.57. The van der Waals surface area contributed by atoms with E-state index in [0.717, 1.165) is 22.2 Å². The fraction of sp³-hybridized carbons (Fsp3) is 0.118. The average molecular weight is 299 g/mol. The maximum Gasteiger partial charge on any atom is 0.272 e. The van der Waals surface area contributed by atoms with Crippen LogP contribution in [0.5, 0.6) is 0 Å². The van der Waals surface area contributed by atoms with Crippen molar-refractivity contribution in [3.05, 3.63) is 64.3 Å². The second-order valence-electron chi connectivity index (χ2n) is 5.16. The van der Waals surface area contributed by atoms with Gasteiger partial charge >= 0.3 is 0 Å². The molecule has 3 nitrogen and oxygen atoms in total. The number of aryl methyl sites for hydroxylation is 2. The number of halogens is 1. The van der Waals surface area contributed by atoms with E-state index < -0.39 is 0 Å². The number of para-hydroxylation sites is 1. The van der Waals surface area contributed by atoms with Crippen molar-refractivity contribution < 1.29 is 4.79 Å². The number of anilines is 1. The fourth-order valence-electron chi connectivity index (χ4n) is 2.39. The molecule has 3 aromatic rings. The highest BCUT2D eigenvalue weighted by molar-refractivity contribution is 6.35. The average Bonchev–Trinajstić information content (AvgIpc) is 2.87. The molecule has 0 bridgehead atoms. The number of nitrogens with one attached hydrogen (secondary N) is 2. The van der Waals surface area contributed by atoms with E-state index in [4.69, 9.17) is 11.6 Å². The molecule has 106 valence electrons. The molecule has 1 amide bonds. The van der Waals surface area contributed by atoms with Crippen LogP contribution in [0.4, 0.5) is 5.69 Å². The lowest BCUT2D eigenvalue weighted by molar-refractivity contribution is 0.102. The predicted molar refractivity (Wildman–Crippen MR) is 87.2 cm³/mol. The number of carbonyl (C=O) groups is 1. The van der Waals surface area contributed by atoms with Gasteiger partial charge in [-0.1, -0.05) is 41.4 Å². The van der Waals surface area contributed by atoms with E-state index in [2.05, 4.69) is 10.3 Å². The van der Waals surface area contributed by atoms with Gasteiger partial charge in [-0.3, -0.25) is 4.79 Å². The summed E-state index contributed by atoms with van der Waals surface area (Å²) in [6.07, 6.45) is 0. The Hall–Kier alpha value is -2.26. The van der Waals surface area contributed by atoms with E-state index in [1.807, 2.05) is 44.2 Å². The Morgan fingerprint density at radius 1 is 1.14 bits per heavy atom. The van der Waals surface area contributed by atoms with Gasteiger partial charge in [-0.25, -0.2) is 0 Å². The van der Waals surface area contributed by atoms with Crippen molar-refractivity contribution in [2.45, 2.75) is 13.8 Å². The van der Waals surface area contributed by atoms with Crippen molar-refractivity contribution >= 4 is 34.1 Å². The zero-order valence-electron chi connectivity index (χ0n) is 11.8. The SMILES string of the molecule is Cc1ccc(NC(=O)c2cc3cccc(Cl)c3[nH]2)c(C)c1. The Balaban J connectivity index is 1.92. The number of amides is 1. The molecule has 0 atom stereocenters. The van der Waals surface area contributed by atoms with E-state index >= 15 is 0 Å². The van der Waals surface area contributed by atoms with E-state index in [0.29, 0.717) is 10.7 Å². The number of fused-ring (bicyclic) bond motifs is 1. The zero-order valence-corrected chi connectivity index (χ0v) is 12.6. The molecular weight excluding hydrogens is 284 g/mol. The number of aromatic amines is 1. The monoisotopic (exact) mass is 298 g/mol. The molecule has 0 unspecified atom stereocenters. The molecule has 0 aliphatic carbocycles. The van der Waals surface area contributed by atoms with Crippen LogP contribution < -0.4 is 5.32 Å². The smallest absolute Gasteiger partial charge is 0.272 e. The Labute approximate surface area is 127 Å². The van der Waals surface area contributed by atoms with Crippen LogP contribution in [0, 0.1) is 13.8 Å². The molecular formula is C17H15ClN2O. The molecule has 0 aliphatic heterocycles. The van der Waals surface area contributed by atoms with Crippen LogP contribution >= 0.6 is 11.6 Å². The molecule has 0 fully saturated rings. The van der Waals surface area contributed by atoms with Crippen molar-refractivity contribution in [2.24, 2.45) is 0 Å². The standard InChI is InChI=1S/C17H15ClN2O/c1-10-6-7-14(11(2)8-10)20-17(21)15-9-12-4-3-5-13(18)16(12)19-15/h3-9,19H,1-2H3,(H,20,21). The Bertz CT molecular complexity index is 836. The summed E-state index contributed by atoms with van der Waals surface area (Å²) in [5, 5.41) is 4.45. The quantitative estimate of drug-likeness (QED) is 0.708. The minimum Gasteiger partial charge on any atom is -0.349 e. The molecule has 0 saturated heterocycles. The first-order chi connectivity index (χ1) is 10.0. The molecule has 21 heavy (non-hydrogen) atoms. The number of carbonyl (C=O) groups excluding carboxylic acids is 1. The third-order valence-corrected chi connectivity index (χ3v) is 3.80. The lowest BCUT2D eigenvalue weighted by Crippen LogP contribution is -2.13. The summed E-state index contributed by atoms with van der Waals surface area (Å²) in [6, 6.07) is 13.3. The summed E-state index contributed by atoms with van der Waals surface area (Å²) in [5.41, 5.74) is 4.30. The minimum absolute atomic E-state index is 0.172. The first-order valence-corrected chi connectivity index (χ1v) is 7.08. The predicted octanol–water partition coefficient (Wildman–Crippen LogP) is 4.69. The molecule has 2 N–H and O–H groups in total. The van der Waals surface area contributed by atoms with Gasteiger partial charge in [0.2, 0.25) is 0 Å². The minimum atomic E-state index is -0.172. The molecule has 1 heterocycles. The van der Waals surface area contributed by atoms with Crippen LogP contribution in [0.15, 0.2) is 42.5 Å². The van der Waals surface area contributed by atoms with Crippen molar-refractivity contribution in [3.63, 3.8) is 0 Å². The van der Waals surface area contributed by atoms with Crippen molar-refractivity contribution in [2.75, 3.05) is 5.32 Å². The Morgan fingerprint density at radius 3 is 2.67 bits per heavy atom. The topological polar surface area (TPSA) is 44.9 Å². The van der Waals surface area contributed by atoms with Crippen LogP contribution in [0.3, 0.4) is 0 Å². The van der Waals surface area contributed by atoms with Gasteiger partial charge in [0.05, 0.1) is 10.5 Å². The summed E-state index contributed by atoms with van der Waals surface area (Å²) in [4.78, 5) is 15.4. The summed E-state index contributed by atoms with van der Waals surface area (Å²) >= 11 is 6.11. The van der Waals surface area contributed by atoms with Gasteiger partial charge in [0.1, 0.15) is 5.69 Å². The van der Waals surface area contributed by atoms with Crippen LogP contribution in [-0.2, 0) is 0 Å². The summed E-state index contributed by atoms with van der Waals surface area (Å²) in [7, 11) is 0. The summed E-state index contributed by atoms with van der Waals surface area (Å²) in [5.74, 6) is -0.172. The molecule has 0 spiro atoms. The van der Waals surface area contributed by atoms with E-state index in [1.54, 1.807) is 12.1 Å². The first-order valence-electron chi connectivity index (χ1n) is 6.70. The molecule has 3 rings (SSSR count). The van der Waals surface area contributed by atoms with Crippen molar-refractivity contribution in [3.8, 4) is 0 Å². The van der Waals surface area contributed by atoms with Gasteiger partial charge in [0, 0.05) is 11.1 Å². The summed E-state index contributed by atoms with van der Waals surface area (Å²) < 4.78 is 0. The maximum absolute atomic E-state index is 12.3. The second kappa shape index (κ2) is 5.26. The molecule has 2 aromatic carbocycles. The van der Waals surface area contributed by atoms with Gasteiger partial charge in [-0.05, 0) is 37.6 Å². The highest BCUT2D eigenvalue weighted by Crippen LogP contribution is 2.24. The van der Waals surface area contributed by atoms with Crippen LogP contribution in [0.2, 0.25) is 5.02 Å². The molecule has 0 saturated carbocycles. The summed E-state index contributed by atoms with van der Waals surface area (Å²) in [6.45, 7) is 4.00. The Morgan fingerprint density at radius 2 is 1.95 bits per heavy atom. The molecule has 1 aromatic heterocycles. The van der Waals surface area contributed by atoms with Gasteiger partial charge in [-0.15, -0.1) is 0 Å². The van der Waals surface area contributed by atoms with Crippen molar-refractivity contribution in [1.82, 2.24) is 4.98 Å².